The van der Waals surface area contributed by atoms with Crippen molar-refractivity contribution in [3.8, 4) is 0 Å². The van der Waals surface area contributed by atoms with E-state index in [1.165, 1.54) is 6.20 Å². The Bertz CT molecular complexity index is 761. The number of nitrogens with one attached hydrogen (secondary N) is 1. The number of aliphatic hydroxyl groups is 1. The summed E-state index contributed by atoms with van der Waals surface area (Å²) in [6.45, 7) is 5.11. The molecule has 1 unspecified atom stereocenters. The van der Waals surface area contributed by atoms with Gasteiger partial charge in [0.2, 0.25) is 0 Å². The Hall–Kier alpha value is -2.51. The lowest BCUT2D eigenvalue weighted by atomic mass is 9.96. The number of piperidine rings is 1. The number of aryl methyl sites for hydroxylation is 1. The first kappa shape index (κ1) is 19.3. The second-order valence-corrected chi connectivity index (χ2v) is 7.16. The summed E-state index contributed by atoms with van der Waals surface area (Å²) < 4.78 is 0. The van der Waals surface area contributed by atoms with Crippen LogP contribution in [0.3, 0.4) is 0 Å². The predicted octanol–water partition coefficient (Wildman–Crippen LogP) is 3.16. The Balaban J connectivity index is 1.43. The van der Waals surface area contributed by atoms with Crippen LogP contribution in [0, 0.1) is 23.0 Å². The van der Waals surface area contributed by atoms with Gasteiger partial charge in [-0.2, -0.15) is 0 Å². The molecule has 2 aromatic rings. The van der Waals surface area contributed by atoms with Crippen LogP contribution in [0.25, 0.3) is 0 Å². The summed E-state index contributed by atoms with van der Waals surface area (Å²) in [6, 6.07) is 11.5. The molecule has 0 bridgehead atoms. The number of β-amino-alcohol motifs (C(OH)–C–C–N with tert-alkyl or cyclic N) is 1. The number of aliphatic hydroxyl groups excluding tert-OH is 1. The molecule has 2 heterocycles. The lowest BCUT2D eigenvalue weighted by Gasteiger charge is -2.33. The highest BCUT2D eigenvalue weighted by Gasteiger charge is 2.21. The Labute approximate surface area is 159 Å². The summed E-state index contributed by atoms with van der Waals surface area (Å²) >= 11 is 0. The lowest BCUT2D eigenvalue weighted by Crippen LogP contribution is -2.38. The molecular formula is C20H26N4O3. The van der Waals surface area contributed by atoms with Gasteiger partial charge in [0.1, 0.15) is 12.0 Å². The zero-order chi connectivity index (χ0) is 19.2. The Kier molecular flexibility index (Phi) is 6.36. The second kappa shape index (κ2) is 8.92. The molecule has 1 aromatic heterocycles. The van der Waals surface area contributed by atoms with Gasteiger partial charge in [-0.25, -0.2) is 4.98 Å². The van der Waals surface area contributed by atoms with Gasteiger partial charge in [-0.1, -0.05) is 30.3 Å². The second-order valence-electron chi connectivity index (χ2n) is 7.16. The van der Waals surface area contributed by atoms with Crippen molar-refractivity contribution in [1.29, 1.82) is 0 Å². The molecule has 0 spiro atoms. The third-order valence-corrected chi connectivity index (χ3v) is 5.17. The number of hydrogen-bond donors (Lipinski definition) is 2. The topological polar surface area (TPSA) is 91.5 Å². The van der Waals surface area contributed by atoms with Crippen LogP contribution in [0.15, 0.2) is 42.6 Å². The van der Waals surface area contributed by atoms with E-state index in [4.69, 9.17) is 0 Å². The minimum Gasteiger partial charge on any atom is -0.387 e. The van der Waals surface area contributed by atoms with Gasteiger partial charge in [-0.15, -0.1) is 0 Å². The van der Waals surface area contributed by atoms with E-state index in [2.05, 4.69) is 15.2 Å². The molecule has 1 saturated heterocycles. The smallest absolute Gasteiger partial charge is 0.290 e. The highest BCUT2D eigenvalue weighted by Crippen LogP contribution is 2.22. The first-order valence-corrected chi connectivity index (χ1v) is 9.33. The zero-order valence-corrected chi connectivity index (χ0v) is 15.5. The minimum absolute atomic E-state index is 0.0471. The number of nitrogens with zero attached hydrogens (tertiary/aromatic N) is 3. The Morgan fingerprint density at radius 1 is 1.33 bits per heavy atom. The molecule has 1 aliphatic rings. The van der Waals surface area contributed by atoms with Crippen molar-refractivity contribution in [2.24, 2.45) is 5.92 Å². The lowest BCUT2D eigenvalue weighted by molar-refractivity contribution is -0.385. The summed E-state index contributed by atoms with van der Waals surface area (Å²) in [5, 5.41) is 24.5. The highest BCUT2D eigenvalue weighted by atomic mass is 16.6. The average Bonchev–Trinajstić information content (AvgIpc) is 2.68. The maximum absolute atomic E-state index is 10.9. The van der Waals surface area contributed by atoms with Crippen LogP contribution in [-0.4, -0.2) is 46.1 Å². The molecule has 1 atom stereocenters. The maximum atomic E-state index is 10.9. The molecule has 27 heavy (non-hydrogen) atoms. The molecule has 0 amide bonds. The average molecular weight is 370 g/mol. The van der Waals surface area contributed by atoms with Crippen molar-refractivity contribution < 1.29 is 10.0 Å². The molecule has 0 saturated carbocycles. The van der Waals surface area contributed by atoms with Crippen LogP contribution >= 0.6 is 0 Å². The summed E-state index contributed by atoms with van der Waals surface area (Å²) in [7, 11) is 0. The minimum atomic E-state index is -0.451. The van der Waals surface area contributed by atoms with Gasteiger partial charge in [-0.3, -0.25) is 10.1 Å². The van der Waals surface area contributed by atoms with E-state index in [1.807, 2.05) is 30.3 Å². The van der Waals surface area contributed by atoms with Crippen LogP contribution in [0.1, 0.15) is 30.1 Å². The third-order valence-electron chi connectivity index (χ3n) is 5.17. The number of rotatable bonds is 7. The first-order chi connectivity index (χ1) is 13.0. The molecule has 2 N–H and O–H groups in total. The number of pyridine rings is 1. The maximum Gasteiger partial charge on any atom is 0.290 e. The zero-order valence-electron chi connectivity index (χ0n) is 15.5. The fourth-order valence-electron chi connectivity index (χ4n) is 3.48. The van der Waals surface area contributed by atoms with Gasteiger partial charge in [0.15, 0.2) is 0 Å². The van der Waals surface area contributed by atoms with Crippen LogP contribution in [0.2, 0.25) is 0 Å². The van der Waals surface area contributed by atoms with Crippen molar-refractivity contribution in [3.63, 3.8) is 0 Å². The number of hydrogen-bond acceptors (Lipinski definition) is 6. The van der Waals surface area contributed by atoms with Gasteiger partial charge < -0.3 is 15.3 Å². The Morgan fingerprint density at radius 2 is 2.04 bits per heavy atom. The normalized spacial score (nSPS) is 16.8. The van der Waals surface area contributed by atoms with Crippen molar-refractivity contribution >= 4 is 11.5 Å². The van der Waals surface area contributed by atoms with Crippen molar-refractivity contribution in [1.82, 2.24) is 9.88 Å². The van der Waals surface area contributed by atoms with E-state index in [1.54, 1.807) is 13.0 Å². The molecule has 7 nitrogen and oxygen atoms in total. The summed E-state index contributed by atoms with van der Waals surface area (Å²) in [5.74, 6) is 1.22. The van der Waals surface area contributed by atoms with E-state index in [9.17, 15) is 15.2 Å². The molecule has 1 aromatic carbocycles. The summed E-state index contributed by atoms with van der Waals surface area (Å²) in [4.78, 5) is 16.9. The number of aromatic nitrogens is 1. The molecule has 7 heteroatoms. The fraction of sp³-hybridized carbons (Fsp3) is 0.450. The molecular weight excluding hydrogens is 344 g/mol. The van der Waals surface area contributed by atoms with Crippen LogP contribution in [0.4, 0.5) is 11.5 Å². The monoisotopic (exact) mass is 370 g/mol. The van der Waals surface area contributed by atoms with Crippen molar-refractivity contribution in [2.75, 3.05) is 31.5 Å². The van der Waals surface area contributed by atoms with Crippen LogP contribution < -0.4 is 5.32 Å². The summed E-state index contributed by atoms with van der Waals surface area (Å²) in [5.41, 5.74) is 1.62. The standard InChI is InChI=1S/C20H26N4O3/c1-15-11-20(22-13-18(15)24(26)27)21-12-16-7-9-23(10-8-16)14-19(25)17-5-3-2-4-6-17/h2-6,11,13,16,19,25H,7-10,12,14H2,1H3,(H,21,22). The highest BCUT2D eigenvalue weighted by molar-refractivity contribution is 5.46. The van der Waals surface area contributed by atoms with Gasteiger partial charge in [0, 0.05) is 18.7 Å². The quantitative estimate of drug-likeness (QED) is 0.575. The van der Waals surface area contributed by atoms with E-state index in [0.29, 0.717) is 23.8 Å². The first-order valence-electron chi connectivity index (χ1n) is 9.33. The molecule has 0 aliphatic carbocycles. The van der Waals surface area contributed by atoms with E-state index in [-0.39, 0.29) is 5.69 Å². The number of anilines is 1. The van der Waals surface area contributed by atoms with Gasteiger partial charge in [-0.05, 0) is 50.4 Å². The van der Waals surface area contributed by atoms with Crippen molar-refractivity contribution in [2.45, 2.75) is 25.9 Å². The third kappa shape index (κ3) is 5.24. The van der Waals surface area contributed by atoms with E-state index < -0.39 is 11.0 Å². The van der Waals surface area contributed by atoms with Gasteiger partial charge >= 0.3 is 0 Å². The Morgan fingerprint density at radius 3 is 2.67 bits per heavy atom. The van der Waals surface area contributed by atoms with E-state index in [0.717, 1.165) is 38.0 Å². The van der Waals surface area contributed by atoms with E-state index >= 15 is 0 Å². The molecule has 1 aliphatic heterocycles. The predicted molar refractivity (Wildman–Crippen MR) is 105 cm³/mol. The number of nitro groups is 1. The number of benzene rings is 1. The molecule has 3 rings (SSSR count). The largest absolute Gasteiger partial charge is 0.387 e. The SMILES string of the molecule is Cc1cc(NCC2CCN(CC(O)c3ccccc3)CC2)ncc1[N+](=O)[O-]. The van der Waals surface area contributed by atoms with Gasteiger partial charge in [0.05, 0.1) is 11.0 Å². The molecule has 144 valence electrons. The van der Waals surface area contributed by atoms with Crippen LogP contribution in [-0.2, 0) is 0 Å². The van der Waals surface area contributed by atoms with Crippen LogP contribution in [0.5, 0.6) is 0 Å². The summed E-state index contributed by atoms with van der Waals surface area (Å²) in [6.07, 6.45) is 2.97. The number of likely N-dealkylation sites (tertiary alicyclic amines) is 1. The fourth-order valence-corrected chi connectivity index (χ4v) is 3.48. The molecule has 0 radical (unpaired) electrons. The molecule has 1 fully saturated rings. The van der Waals surface area contributed by atoms with Crippen molar-refractivity contribution in [3.05, 3.63) is 63.8 Å². The van der Waals surface area contributed by atoms with Gasteiger partial charge in [0.25, 0.3) is 5.69 Å².